The summed E-state index contributed by atoms with van der Waals surface area (Å²) in [6.45, 7) is 9.34. The summed E-state index contributed by atoms with van der Waals surface area (Å²) in [4.78, 5) is 32.6. The maximum absolute atomic E-state index is 13.2. The van der Waals surface area contributed by atoms with E-state index in [0.717, 1.165) is 12.0 Å². The van der Waals surface area contributed by atoms with Crippen LogP contribution in [-0.2, 0) is 4.79 Å². The molecule has 148 valence electrons. The van der Waals surface area contributed by atoms with Crippen LogP contribution in [0.15, 0.2) is 28.0 Å². The highest BCUT2D eigenvalue weighted by Crippen LogP contribution is 2.33. The van der Waals surface area contributed by atoms with Crippen LogP contribution >= 0.6 is 24.0 Å². The Hall–Kier alpha value is -2.19. The highest BCUT2D eigenvalue weighted by Gasteiger charge is 2.31. The maximum Gasteiger partial charge on any atom is 0.267 e. The van der Waals surface area contributed by atoms with Gasteiger partial charge in [-0.2, -0.15) is 0 Å². The SMILES string of the molecule is CCCN1C(=O)/C(=C\c2c(NCC(C)C)nc3ccc(C)cn3c2=O)SC1=S. The first kappa shape index (κ1) is 20.5. The van der Waals surface area contributed by atoms with Gasteiger partial charge in [-0.1, -0.05) is 50.8 Å². The number of anilines is 1. The predicted molar refractivity (Wildman–Crippen MR) is 120 cm³/mol. The van der Waals surface area contributed by atoms with Gasteiger partial charge in [0.15, 0.2) is 0 Å². The lowest BCUT2D eigenvalue weighted by atomic mass is 10.2. The third-order valence-corrected chi connectivity index (χ3v) is 5.66. The Morgan fingerprint density at radius 3 is 2.75 bits per heavy atom. The number of carbonyl (C=O) groups excluding carboxylic acids is 1. The average Bonchev–Trinajstić information content (AvgIpc) is 2.91. The van der Waals surface area contributed by atoms with Gasteiger partial charge in [0.25, 0.3) is 11.5 Å². The van der Waals surface area contributed by atoms with Gasteiger partial charge in [0.05, 0.1) is 10.5 Å². The van der Waals surface area contributed by atoms with Gasteiger partial charge in [-0.25, -0.2) is 4.98 Å². The van der Waals surface area contributed by atoms with Gasteiger partial charge in [0, 0.05) is 19.3 Å². The van der Waals surface area contributed by atoms with Crippen LogP contribution in [0.25, 0.3) is 11.7 Å². The van der Waals surface area contributed by atoms with E-state index in [9.17, 15) is 9.59 Å². The molecule has 6 nitrogen and oxygen atoms in total. The van der Waals surface area contributed by atoms with Crippen molar-refractivity contribution in [3.63, 3.8) is 0 Å². The lowest BCUT2D eigenvalue weighted by Crippen LogP contribution is -2.28. The molecule has 1 N–H and O–H groups in total. The zero-order valence-corrected chi connectivity index (χ0v) is 18.1. The smallest absolute Gasteiger partial charge is 0.267 e. The van der Waals surface area contributed by atoms with Crippen LogP contribution in [0.4, 0.5) is 5.82 Å². The maximum atomic E-state index is 13.2. The quantitative estimate of drug-likeness (QED) is 0.572. The van der Waals surface area contributed by atoms with Gasteiger partial charge >= 0.3 is 0 Å². The van der Waals surface area contributed by atoms with Crippen LogP contribution in [0.3, 0.4) is 0 Å². The lowest BCUT2D eigenvalue weighted by Gasteiger charge is -2.13. The molecule has 0 saturated carbocycles. The first-order valence-electron chi connectivity index (χ1n) is 9.34. The monoisotopic (exact) mass is 416 g/mol. The Bertz CT molecular complexity index is 1030. The van der Waals surface area contributed by atoms with Crippen molar-refractivity contribution in [2.75, 3.05) is 18.4 Å². The van der Waals surface area contributed by atoms with Gasteiger partial charge in [0.2, 0.25) is 0 Å². The van der Waals surface area contributed by atoms with Crippen molar-refractivity contribution >= 4 is 51.7 Å². The number of pyridine rings is 1. The molecule has 0 atom stereocenters. The molecule has 0 unspecified atom stereocenters. The molecule has 0 radical (unpaired) electrons. The number of nitrogens with zero attached hydrogens (tertiary/aromatic N) is 3. The Labute approximate surface area is 174 Å². The summed E-state index contributed by atoms with van der Waals surface area (Å²) in [6, 6.07) is 3.74. The topological polar surface area (TPSA) is 66.7 Å². The number of aryl methyl sites for hydroxylation is 1. The molecule has 1 saturated heterocycles. The molecule has 0 bridgehead atoms. The normalized spacial score (nSPS) is 16.0. The molecule has 0 aromatic carbocycles. The fourth-order valence-corrected chi connectivity index (χ4v) is 4.16. The predicted octanol–water partition coefficient (Wildman–Crippen LogP) is 3.68. The molecule has 0 spiro atoms. The third kappa shape index (κ3) is 4.12. The first-order chi connectivity index (χ1) is 13.3. The molecule has 3 heterocycles. The second-order valence-electron chi connectivity index (χ2n) is 7.22. The second-order valence-corrected chi connectivity index (χ2v) is 8.90. The number of amides is 1. The lowest BCUT2D eigenvalue weighted by molar-refractivity contribution is -0.122. The number of fused-ring (bicyclic) bond motifs is 1. The molecule has 2 aromatic heterocycles. The molecule has 1 aliphatic heterocycles. The molecule has 2 aromatic rings. The minimum atomic E-state index is -0.208. The van der Waals surface area contributed by atoms with Crippen LogP contribution in [0.2, 0.25) is 0 Å². The summed E-state index contributed by atoms with van der Waals surface area (Å²) in [7, 11) is 0. The van der Waals surface area contributed by atoms with E-state index in [1.54, 1.807) is 17.2 Å². The van der Waals surface area contributed by atoms with Gasteiger partial charge in [0.1, 0.15) is 15.8 Å². The molecule has 8 heteroatoms. The van der Waals surface area contributed by atoms with E-state index in [0.29, 0.717) is 45.3 Å². The number of carbonyl (C=O) groups is 1. The number of rotatable bonds is 6. The van der Waals surface area contributed by atoms with Gasteiger partial charge in [-0.15, -0.1) is 0 Å². The van der Waals surface area contributed by atoms with E-state index in [4.69, 9.17) is 12.2 Å². The molecular formula is C20H24N4O2S2. The average molecular weight is 417 g/mol. The zero-order chi connectivity index (χ0) is 20.4. The van der Waals surface area contributed by atoms with Crippen LogP contribution in [-0.4, -0.2) is 37.6 Å². The molecule has 1 amide bonds. The van der Waals surface area contributed by atoms with E-state index in [2.05, 4.69) is 24.1 Å². The number of hydrogen-bond acceptors (Lipinski definition) is 6. The van der Waals surface area contributed by atoms with Crippen molar-refractivity contribution in [2.24, 2.45) is 5.92 Å². The van der Waals surface area contributed by atoms with Crippen molar-refractivity contribution in [1.82, 2.24) is 14.3 Å². The third-order valence-electron chi connectivity index (χ3n) is 4.28. The van der Waals surface area contributed by atoms with E-state index in [1.807, 2.05) is 26.0 Å². The zero-order valence-electron chi connectivity index (χ0n) is 16.5. The number of aromatic nitrogens is 2. The van der Waals surface area contributed by atoms with Crippen LogP contribution in [0.5, 0.6) is 0 Å². The number of thiocarbonyl (C=S) groups is 1. The van der Waals surface area contributed by atoms with Gasteiger partial charge in [-0.3, -0.25) is 18.9 Å². The Balaban J connectivity index is 2.13. The molecule has 0 aliphatic carbocycles. The standard InChI is InChI=1S/C20H24N4O2S2/c1-5-8-23-19(26)15(28-20(23)27)9-14-17(21-10-12(2)3)22-16-7-6-13(4)11-24(16)18(14)25/h6-7,9,11-12,21H,5,8,10H2,1-4H3/b15-9+. The van der Waals surface area contributed by atoms with Crippen LogP contribution < -0.4 is 10.9 Å². The highest BCUT2D eigenvalue weighted by atomic mass is 32.2. The first-order valence-corrected chi connectivity index (χ1v) is 10.6. The molecule has 3 rings (SSSR count). The summed E-state index contributed by atoms with van der Waals surface area (Å²) < 4.78 is 2.05. The Morgan fingerprint density at radius 2 is 2.07 bits per heavy atom. The Morgan fingerprint density at radius 1 is 1.32 bits per heavy atom. The highest BCUT2D eigenvalue weighted by molar-refractivity contribution is 8.26. The molecule has 1 fully saturated rings. The van der Waals surface area contributed by atoms with E-state index < -0.39 is 0 Å². The fourth-order valence-electron chi connectivity index (χ4n) is 2.87. The fraction of sp³-hybridized carbons (Fsp3) is 0.400. The van der Waals surface area contributed by atoms with Crippen molar-refractivity contribution in [1.29, 1.82) is 0 Å². The van der Waals surface area contributed by atoms with E-state index in [-0.39, 0.29) is 11.5 Å². The number of hydrogen-bond donors (Lipinski definition) is 1. The number of thioether (sulfide) groups is 1. The molecule has 1 aliphatic rings. The molecular weight excluding hydrogens is 392 g/mol. The summed E-state index contributed by atoms with van der Waals surface area (Å²) in [5, 5.41) is 3.26. The number of nitrogens with one attached hydrogen (secondary N) is 1. The van der Waals surface area contributed by atoms with Crippen molar-refractivity contribution in [3.05, 3.63) is 44.7 Å². The van der Waals surface area contributed by atoms with Gasteiger partial charge in [-0.05, 0) is 37.0 Å². The van der Waals surface area contributed by atoms with Crippen LogP contribution in [0.1, 0.15) is 38.3 Å². The largest absolute Gasteiger partial charge is 0.369 e. The van der Waals surface area contributed by atoms with Crippen molar-refractivity contribution in [3.8, 4) is 0 Å². The minimum Gasteiger partial charge on any atom is -0.369 e. The van der Waals surface area contributed by atoms with E-state index in [1.165, 1.54) is 16.2 Å². The molecule has 28 heavy (non-hydrogen) atoms. The summed E-state index contributed by atoms with van der Waals surface area (Å²) >= 11 is 6.57. The van der Waals surface area contributed by atoms with Crippen LogP contribution in [0, 0.1) is 12.8 Å². The van der Waals surface area contributed by atoms with Crippen molar-refractivity contribution in [2.45, 2.75) is 34.1 Å². The minimum absolute atomic E-state index is 0.152. The van der Waals surface area contributed by atoms with E-state index >= 15 is 0 Å². The van der Waals surface area contributed by atoms with Gasteiger partial charge < -0.3 is 5.32 Å². The Kier molecular flexibility index (Phi) is 6.20. The van der Waals surface area contributed by atoms with Crippen molar-refractivity contribution < 1.29 is 4.79 Å². The summed E-state index contributed by atoms with van der Waals surface area (Å²) in [6.07, 6.45) is 4.21. The summed E-state index contributed by atoms with van der Waals surface area (Å²) in [5.74, 6) is 0.720. The summed E-state index contributed by atoms with van der Waals surface area (Å²) in [5.41, 5.74) is 1.69. The second kappa shape index (κ2) is 8.45.